The van der Waals surface area contributed by atoms with Gasteiger partial charge in [-0.05, 0) is 49.6 Å². The first-order chi connectivity index (χ1) is 12.2. The Balaban J connectivity index is 1.89. The predicted octanol–water partition coefficient (Wildman–Crippen LogP) is 4.83. The highest BCUT2D eigenvalue weighted by atomic mass is 19.4. The second kappa shape index (κ2) is 8.12. The molecule has 0 spiro atoms. The fourth-order valence-electron chi connectivity index (χ4n) is 2.47. The maximum atomic E-state index is 12.9. The van der Waals surface area contributed by atoms with Crippen molar-refractivity contribution in [3.05, 3.63) is 58.7 Å². The number of rotatable bonds is 5. The molecule has 2 N–H and O–H groups in total. The number of benzene rings is 2. The molecule has 0 saturated heterocycles. The van der Waals surface area contributed by atoms with Crippen molar-refractivity contribution in [2.75, 3.05) is 18.5 Å². The lowest BCUT2D eigenvalue weighted by atomic mass is 10.1. The fraction of sp³-hybridized carbons (Fsp3) is 0.316. The molecule has 0 radical (unpaired) electrons. The van der Waals surface area contributed by atoms with Crippen LogP contribution < -0.4 is 15.4 Å². The van der Waals surface area contributed by atoms with Crippen molar-refractivity contribution in [3.63, 3.8) is 0 Å². The lowest BCUT2D eigenvalue weighted by Crippen LogP contribution is -2.33. The summed E-state index contributed by atoms with van der Waals surface area (Å²) in [7, 11) is 0. The molecule has 2 aromatic carbocycles. The third-order valence-corrected chi connectivity index (χ3v) is 3.99. The Kier molecular flexibility index (Phi) is 6.13. The van der Waals surface area contributed by atoms with E-state index in [0.29, 0.717) is 0 Å². The summed E-state index contributed by atoms with van der Waals surface area (Å²) in [5, 5.41) is 4.71. The van der Waals surface area contributed by atoms with E-state index >= 15 is 0 Å². The minimum Gasteiger partial charge on any atom is -0.491 e. The average Bonchev–Trinajstić information content (AvgIpc) is 2.57. The minimum atomic E-state index is -4.53. The third kappa shape index (κ3) is 4.91. The number of urea groups is 1. The largest absolute Gasteiger partial charge is 0.491 e. The van der Waals surface area contributed by atoms with Gasteiger partial charge in [-0.2, -0.15) is 13.2 Å². The topological polar surface area (TPSA) is 50.4 Å². The SMILES string of the molecule is Cc1ccc(C)c(OCCNC(=O)Nc2ccccc2C(F)(F)F)c1C. The fourth-order valence-corrected chi connectivity index (χ4v) is 2.47. The van der Waals surface area contributed by atoms with Crippen LogP contribution in [0, 0.1) is 20.8 Å². The van der Waals surface area contributed by atoms with Crippen molar-refractivity contribution in [1.82, 2.24) is 5.32 Å². The molecule has 0 heterocycles. The van der Waals surface area contributed by atoms with E-state index in [0.717, 1.165) is 28.5 Å². The number of hydrogen-bond acceptors (Lipinski definition) is 2. The zero-order valence-electron chi connectivity index (χ0n) is 14.8. The van der Waals surface area contributed by atoms with E-state index in [1.54, 1.807) is 0 Å². The molecule has 2 aromatic rings. The summed E-state index contributed by atoms with van der Waals surface area (Å²) < 4.78 is 44.4. The molecule has 0 aliphatic rings. The normalized spacial score (nSPS) is 11.2. The Morgan fingerprint density at radius 1 is 1.04 bits per heavy atom. The van der Waals surface area contributed by atoms with Gasteiger partial charge in [0.25, 0.3) is 0 Å². The molecular formula is C19H21F3N2O2. The summed E-state index contributed by atoms with van der Waals surface area (Å²) in [6.07, 6.45) is -4.53. The van der Waals surface area contributed by atoms with Crippen LogP contribution in [0.15, 0.2) is 36.4 Å². The number of carbonyl (C=O) groups excluding carboxylic acids is 1. The van der Waals surface area contributed by atoms with Crippen LogP contribution in [0.2, 0.25) is 0 Å². The van der Waals surface area contributed by atoms with E-state index in [9.17, 15) is 18.0 Å². The van der Waals surface area contributed by atoms with Gasteiger partial charge in [0.15, 0.2) is 0 Å². The van der Waals surface area contributed by atoms with E-state index in [-0.39, 0.29) is 18.8 Å². The Hall–Kier alpha value is -2.70. The van der Waals surface area contributed by atoms with E-state index in [1.807, 2.05) is 32.9 Å². The summed E-state index contributed by atoms with van der Waals surface area (Å²) in [6.45, 7) is 6.22. The minimum absolute atomic E-state index is 0.160. The van der Waals surface area contributed by atoms with Crippen molar-refractivity contribution < 1.29 is 22.7 Å². The van der Waals surface area contributed by atoms with Crippen LogP contribution in [-0.2, 0) is 6.18 Å². The van der Waals surface area contributed by atoms with Gasteiger partial charge in [-0.3, -0.25) is 0 Å². The highest BCUT2D eigenvalue weighted by Gasteiger charge is 2.33. The van der Waals surface area contributed by atoms with Crippen LogP contribution in [0.3, 0.4) is 0 Å². The molecule has 0 aliphatic heterocycles. The van der Waals surface area contributed by atoms with Crippen molar-refractivity contribution in [1.29, 1.82) is 0 Å². The van der Waals surface area contributed by atoms with Crippen LogP contribution in [0.5, 0.6) is 5.75 Å². The molecule has 7 heteroatoms. The molecule has 0 unspecified atom stereocenters. The lowest BCUT2D eigenvalue weighted by molar-refractivity contribution is -0.136. The second-order valence-electron chi connectivity index (χ2n) is 5.93. The monoisotopic (exact) mass is 366 g/mol. The molecule has 0 fully saturated rings. The van der Waals surface area contributed by atoms with Gasteiger partial charge in [0.1, 0.15) is 12.4 Å². The molecular weight excluding hydrogens is 345 g/mol. The maximum absolute atomic E-state index is 12.9. The van der Waals surface area contributed by atoms with Crippen LogP contribution in [0.1, 0.15) is 22.3 Å². The van der Waals surface area contributed by atoms with Crippen molar-refractivity contribution in [2.24, 2.45) is 0 Å². The predicted molar refractivity (Wildman–Crippen MR) is 94.6 cm³/mol. The van der Waals surface area contributed by atoms with Gasteiger partial charge >= 0.3 is 12.2 Å². The zero-order valence-corrected chi connectivity index (χ0v) is 14.8. The Morgan fingerprint density at radius 2 is 1.69 bits per heavy atom. The number of ether oxygens (including phenoxy) is 1. The summed E-state index contributed by atoms with van der Waals surface area (Å²) >= 11 is 0. The zero-order chi connectivity index (χ0) is 19.3. The first kappa shape index (κ1) is 19.6. The summed E-state index contributed by atoms with van der Waals surface area (Å²) in [4.78, 5) is 11.8. The van der Waals surface area contributed by atoms with Crippen LogP contribution in [0.25, 0.3) is 0 Å². The second-order valence-corrected chi connectivity index (χ2v) is 5.93. The number of anilines is 1. The van der Waals surface area contributed by atoms with Gasteiger partial charge in [0, 0.05) is 0 Å². The molecule has 2 rings (SSSR count). The Bertz CT molecular complexity index is 789. The summed E-state index contributed by atoms with van der Waals surface area (Å²) in [6, 6.07) is 8.06. The van der Waals surface area contributed by atoms with Crippen LogP contribution in [0.4, 0.5) is 23.7 Å². The number of hydrogen-bond donors (Lipinski definition) is 2. The molecule has 0 saturated carbocycles. The van der Waals surface area contributed by atoms with Crippen molar-refractivity contribution in [3.8, 4) is 5.75 Å². The first-order valence-electron chi connectivity index (χ1n) is 8.11. The number of amides is 2. The van der Waals surface area contributed by atoms with E-state index in [2.05, 4.69) is 10.6 Å². The van der Waals surface area contributed by atoms with Crippen molar-refractivity contribution in [2.45, 2.75) is 26.9 Å². The van der Waals surface area contributed by atoms with Gasteiger partial charge in [-0.25, -0.2) is 4.79 Å². The van der Waals surface area contributed by atoms with Gasteiger partial charge < -0.3 is 15.4 Å². The molecule has 26 heavy (non-hydrogen) atoms. The third-order valence-electron chi connectivity index (χ3n) is 3.99. The van der Waals surface area contributed by atoms with Gasteiger partial charge in [-0.1, -0.05) is 24.3 Å². The summed E-state index contributed by atoms with van der Waals surface area (Å²) in [5.74, 6) is 0.759. The Labute approximate surface area is 150 Å². The Morgan fingerprint density at radius 3 is 2.38 bits per heavy atom. The van der Waals surface area contributed by atoms with E-state index in [4.69, 9.17) is 4.74 Å². The van der Waals surface area contributed by atoms with Gasteiger partial charge in [0.2, 0.25) is 0 Å². The van der Waals surface area contributed by atoms with Gasteiger partial charge in [0.05, 0.1) is 17.8 Å². The number of halogens is 3. The standard InChI is InChI=1S/C19H21F3N2O2/c1-12-8-9-13(2)17(14(12)3)26-11-10-23-18(25)24-16-7-5-4-6-15(16)19(20,21)22/h4-9H,10-11H2,1-3H3,(H2,23,24,25). The van der Waals surface area contributed by atoms with E-state index < -0.39 is 17.8 Å². The molecule has 4 nitrogen and oxygen atoms in total. The van der Waals surface area contributed by atoms with Crippen LogP contribution >= 0.6 is 0 Å². The molecule has 140 valence electrons. The average molecular weight is 366 g/mol. The smallest absolute Gasteiger partial charge is 0.418 e. The molecule has 2 amide bonds. The number of carbonyl (C=O) groups is 1. The highest BCUT2D eigenvalue weighted by molar-refractivity contribution is 5.90. The van der Waals surface area contributed by atoms with Crippen molar-refractivity contribution >= 4 is 11.7 Å². The lowest BCUT2D eigenvalue weighted by Gasteiger charge is -2.15. The number of aryl methyl sites for hydroxylation is 2. The summed E-state index contributed by atoms with van der Waals surface area (Å²) in [5.41, 5.74) is 1.92. The van der Waals surface area contributed by atoms with E-state index in [1.165, 1.54) is 18.2 Å². The van der Waals surface area contributed by atoms with Crippen LogP contribution in [-0.4, -0.2) is 19.2 Å². The maximum Gasteiger partial charge on any atom is 0.418 e. The number of alkyl halides is 3. The molecule has 0 aliphatic carbocycles. The first-order valence-corrected chi connectivity index (χ1v) is 8.11. The quantitative estimate of drug-likeness (QED) is 0.745. The number of nitrogens with one attached hydrogen (secondary N) is 2. The molecule has 0 atom stereocenters. The number of para-hydroxylation sites is 1. The highest BCUT2D eigenvalue weighted by Crippen LogP contribution is 2.34. The molecule has 0 bridgehead atoms. The molecule has 0 aromatic heterocycles. The van der Waals surface area contributed by atoms with Gasteiger partial charge in [-0.15, -0.1) is 0 Å².